The minimum Gasteiger partial charge on any atom is -0.466 e. The number of benzene rings is 1. The molecule has 0 bridgehead atoms. The molecule has 26 heavy (non-hydrogen) atoms. The second kappa shape index (κ2) is 10.1. The Bertz CT molecular complexity index is 740. The first kappa shape index (κ1) is 19.4. The second-order valence-electron chi connectivity index (χ2n) is 5.91. The number of pyridine rings is 1. The molecule has 5 nitrogen and oxygen atoms in total. The standard InChI is InChI=1S/C21H24N2O3/c1-3-26-21(25)12-15-23(16-19-10-13-22-14-11-19)20(24)9-8-18-6-4-17(2)5-7-18/h4-11,13-14H,3,12,15-16H2,1-2H3/b9-8+. The molecule has 0 radical (unpaired) electrons. The summed E-state index contributed by atoms with van der Waals surface area (Å²) in [5, 5.41) is 0. The van der Waals surface area contributed by atoms with Crippen LogP contribution in [0.15, 0.2) is 54.9 Å². The summed E-state index contributed by atoms with van der Waals surface area (Å²) in [5.41, 5.74) is 3.08. The molecule has 2 aromatic rings. The number of amides is 1. The van der Waals surface area contributed by atoms with E-state index >= 15 is 0 Å². The van der Waals surface area contributed by atoms with Gasteiger partial charge in [0.15, 0.2) is 0 Å². The molecular weight excluding hydrogens is 328 g/mol. The van der Waals surface area contributed by atoms with Gasteiger partial charge in [0.2, 0.25) is 5.91 Å². The molecule has 1 aromatic heterocycles. The van der Waals surface area contributed by atoms with Crippen molar-refractivity contribution >= 4 is 18.0 Å². The van der Waals surface area contributed by atoms with Gasteiger partial charge in [-0.15, -0.1) is 0 Å². The maximum atomic E-state index is 12.6. The van der Waals surface area contributed by atoms with Crippen molar-refractivity contribution < 1.29 is 14.3 Å². The molecule has 1 heterocycles. The minimum atomic E-state index is -0.303. The fourth-order valence-electron chi connectivity index (χ4n) is 2.39. The van der Waals surface area contributed by atoms with Crippen LogP contribution in [0.4, 0.5) is 0 Å². The number of aryl methyl sites for hydroxylation is 1. The third-order valence-electron chi connectivity index (χ3n) is 3.82. The molecule has 0 unspecified atom stereocenters. The summed E-state index contributed by atoms with van der Waals surface area (Å²) in [6, 6.07) is 11.6. The van der Waals surface area contributed by atoms with E-state index in [1.165, 1.54) is 11.6 Å². The summed E-state index contributed by atoms with van der Waals surface area (Å²) < 4.78 is 4.96. The summed E-state index contributed by atoms with van der Waals surface area (Å²) in [6.07, 6.45) is 6.86. The molecule has 0 saturated carbocycles. The molecule has 1 amide bonds. The quantitative estimate of drug-likeness (QED) is 0.540. The molecule has 0 spiro atoms. The highest BCUT2D eigenvalue weighted by Crippen LogP contribution is 2.09. The first-order valence-electron chi connectivity index (χ1n) is 8.66. The Morgan fingerprint density at radius 2 is 1.81 bits per heavy atom. The van der Waals surface area contributed by atoms with Crippen LogP contribution in [0.3, 0.4) is 0 Å². The van der Waals surface area contributed by atoms with Crippen LogP contribution in [0.25, 0.3) is 6.08 Å². The van der Waals surface area contributed by atoms with Crippen molar-refractivity contribution in [3.8, 4) is 0 Å². The van der Waals surface area contributed by atoms with E-state index in [1.54, 1.807) is 30.3 Å². The number of rotatable bonds is 8. The van der Waals surface area contributed by atoms with Crippen molar-refractivity contribution in [2.45, 2.75) is 26.8 Å². The average Bonchev–Trinajstić information content (AvgIpc) is 2.65. The van der Waals surface area contributed by atoms with Gasteiger partial charge in [0.1, 0.15) is 0 Å². The van der Waals surface area contributed by atoms with Crippen molar-refractivity contribution in [3.05, 3.63) is 71.6 Å². The molecule has 2 rings (SSSR count). The van der Waals surface area contributed by atoms with E-state index in [0.29, 0.717) is 19.7 Å². The van der Waals surface area contributed by atoms with Gasteiger partial charge in [-0.05, 0) is 43.2 Å². The van der Waals surface area contributed by atoms with E-state index in [-0.39, 0.29) is 18.3 Å². The van der Waals surface area contributed by atoms with E-state index in [1.807, 2.05) is 43.3 Å². The smallest absolute Gasteiger partial charge is 0.307 e. The number of hydrogen-bond donors (Lipinski definition) is 0. The SMILES string of the molecule is CCOC(=O)CCN(Cc1ccncc1)C(=O)/C=C/c1ccc(C)cc1. The Morgan fingerprint density at radius 1 is 1.12 bits per heavy atom. The number of esters is 1. The maximum absolute atomic E-state index is 12.6. The first-order valence-corrected chi connectivity index (χ1v) is 8.66. The molecular formula is C21H24N2O3. The molecule has 0 aliphatic carbocycles. The van der Waals surface area contributed by atoms with Gasteiger partial charge in [0.25, 0.3) is 0 Å². The molecule has 0 aliphatic rings. The molecule has 5 heteroatoms. The zero-order valence-electron chi connectivity index (χ0n) is 15.2. The topological polar surface area (TPSA) is 59.5 Å². The predicted octanol–water partition coefficient (Wildman–Crippen LogP) is 3.39. The van der Waals surface area contributed by atoms with Crippen LogP contribution in [0.5, 0.6) is 0 Å². The van der Waals surface area contributed by atoms with E-state index in [9.17, 15) is 9.59 Å². The minimum absolute atomic E-state index is 0.147. The summed E-state index contributed by atoms with van der Waals surface area (Å²) in [4.78, 5) is 29.9. The molecule has 0 saturated heterocycles. The van der Waals surface area contributed by atoms with Gasteiger partial charge in [-0.3, -0.25) is 14.6 Å². The van der Waals surface area contributed by atoms with E-state index in [0.717, 1.165) is 11.1 Å². The molecule has 0 aliphatic heterocycles. The summed E-state index contributed by atoms with van der Waals surface area (Å²) >= 11 is 0. The van der Waals surface area contributed by atoms with Crippen LogP contribution in [-0.4, -0.2) is 34.9 Å². The van der Waals surface area contributed by atoms with Crippen molar-refractivity contribution in [2.24, 2.45) is 0 Å². The molecule has 0 fully saturated rings. The number of hydrogen-bond acceptors (Lipinski definition) is 4. The fraction of sp³-hybridized carbons (Fsp3) is 0.286. The largest absolute Gasteiger partial charge is 0.466 e. The summed E-state index contributed by atoms with van der Waals surface area (Å²) in [5.74, 6) is -0.450. The molecule has 0 atom stereocenters. The maximum Gasteiger partial charge on any atom is 0.307 e. The third kappa shape index (κ3) is 6.51. The highest BCUT2D eigenvalue weighted by Gasteiger charge is 2.14. The Labute approximate surface area is 154 Å². The highest BCUT2D eigenvalue weighted by atomic mass is 16.5. The van der Waals surface area contributed by atoms with E-state index in [2.05, 4.69) is 4.98 Å². The lowest BCUT2D eigenvalue weighted by Gasteiger charge is -2.21. The molecule has 1 aromatic carbocycles. The number of carbonyl (C=O) groups excluding carboxylic acids is 2. The lowest BCUT2D eigenvalue weighted by atomic mass is 10.1. The number of aromatic nitrogens is 1. The molecule has 0 N–H and O–H groups in total. The Kier molecular flexibility index (Phi) is 7.55. The van der Waals surface area contributed by atoms with Gasteiger partial charge < -0.3 is 9.64 Å². The number of ether oxygens (including phenoxy) is 1. The van der Waals surface area contributed by atoms with Crippen LogP contribution in [0.2, 0.25) is 0 Å². The van der Waals surface area contributed by atoms with Crippen molar-refractivity contribution in [1.82, 2.24) is 9.88 Å². The van der Waals surface area contributed by atoms with Crippen LogP contribution in [0, 0.1) is 6.92 Å². The Morgan fingerprint density at radius 3 is 2.46 bits per heavy atom. The predicted molar refractivity (Wildman–Crippen MR) is 101 cm³/mol. The zero-order valence-corrected chi connectivity index (χ0v) is 15.2. The zero-order chi connectivity index (χ0) is 18.8. The van der Waals surface area contributed by atoms with Gasteiger partial charge >= 0.3 is 5.97 Å². The number of nitrogens with zero attached hydrogens (tertiary/aromatic N) is 2. The molecule has 136 valence electrons. The van der Waals surface area contributed by atoms with Gasteiger partial charge in [-0.1, -0.05) is 29.8 Å². The van der Waals surface area contributed by atoms with Crippen molar-refractivity contribution in [2.75, 3.05) is 13.2 Å². The first-order chi connectivity index (χ1) is 12.6. The van der Waals surface area contributed by atoms with Gasteiger partial charge in [0, 0.05) is 31.6 Å². The summed E-state index contributed by atoms with van der Waals surface area (Å²) in [7, 11) is 0. The Balaban J connectivity index is 2.06. The monoisotopic (exact) mass is 352 g/mol. The summed E-state index contributed by atoms with van der Waals surface area (Å²) in [6.45, 7) is 4.84. The van der Waals surface area contributed by atoms with E-state index < -0.39 is 0 Å². The van der Waals surface area contributed by atoms with Gasteiger partial charge in [-0.2, -0.15) is 0 Å². The average molecular weight is 352 g/mol. The van der Waals surface area contributed by atoms with Crippen molar-refractivity contribution in [1.29, 1.82) is 0 Å². The second-order valence-corrected chi connectivity index (χ2v) is 5.91. The lowest BCUT2D eigenvalue weighted by Crippen LogP contribution is -2.31. The Hall–Kier alpha value is -2.95. The van der Waals surface area contributed by atoms with Crippen molar-refractivity contribution in [3.63, 3.8) is 0 Å². The van der Waals surface area contributed by atoms with Crippen LogP contribution in [0.1, 0.15) is 30.0 Å². The fourth-order valence-corrected chi connectivity index (χ4v) is 2.39. The van der Waals surface area contributed by atoms with Crippen LogP contribution in [-0.2, 0) is 20.9 Å². The number of carbonyl (C=O) groups is 2. The van der Waals surface area contributed by atoms with Crippen LogP contribution >= 0.6 is 0 Å². The van der Waals surface area contributed by atoms with Gasteiger partial charge in [0.05, 0.1) is 13.0 Å². The lowest BCUT2D eigenvalue weighted by molar-refractivity contribution is -0.143. The van der Waals surface area contributed by atoms with E-state index in [4.69, 9.17) is 4.74 Å². The normalized spacial score (nSPS) is 10.7. The third-order valence-corrected chi connectivity index (χ3v) is 3.82. The van der Waals surface area contributed by atoms with Crippen LogP contribution < -0.4 is 0 Å². The highest BCUT2D eigenvalue weighted by molar-refractivity contribution is 5.92. The van der Waals surface area contributed by atoms with Gasteiger partial charge in [-0.25, -0.2) is 0 Å².